The Labute approximate surface area is 189 Å². The van der Waals surface area contributed by atoms with E-state index >= 15 is 0 Å². The van der Waals surface area contributed by atoms with Crippen LogP contribution < -0.4 is 0 Å². The van der Waals surface area contributed by atoms with Gasteiger partial charge in [-0.3, -0.25) is 19.4 Å². The molecule has 7 nitrogen and oxygen atoms in total. The number of nitrogens with zero attached hydrogens (tertiary/aromatic N) is 2. The van der Waals surface area contributed by atoms with Gasteiger partial charge in [0.1, 0.15) is 0 Å². The molecule has 2 saturated heterocycles. The summed E-state index contributed by atoms with van der Waals surface area (Å²) in [6.45, 7) is 3.49. The monoisotopic (exact) mass is 442 g/mol. The first-order valence-electron chi connectivity index (χ1n) is 11.0. The fourth-order valence-corrected chi connectivity index (χ4v) is 4.07. The summed E-state index contributed by atoms with van der Waals surface area (Å²) >= 11 is 0. The number of rotatable bonds is 6. The van der Waals surface area contributed by atoms with Crippen LogP contribution in [0.4, 0.5) is 0 Å². The van der Waals surface area contributed by atoms with Gasteiger partial charge in [0.05, 0.1) is 19.4 Å². The van der Waals surface area contributed by atoms with E-state index < -0.39 is 11.9 Å². The fourth-order valence-electron chi connectivity index (χ4n) is 4.07. The number of aliphatic hydroxyl groups is 1. The molecule has 0 aromatic heterocycles. The highest BCUT2D eigenvalue weighted by atomic mass is 16.4. The zero-order chi connectivity index (χ0) is 23.3. The van der Waals surface area contributed by atoms with Gasteiger partial charge in [0.15, 0.2) is 0 Å². The van der Waals surface area contributed by atoms with Crippen molar-refractivity contribution in [2.24, 2.45) is 0 Å². The van der Waals surface area contributed by atoms with E-state index in [0.29, 0.717) is 6.61 Å². The highest BCUT2D eigenvalue weighted by molar-refractivity contribution is 5.70. The lowest BCUT2D eigenvalue weighted by molar-refractivity contribution is -0.137. The van der Waals surface area contributed by atoms with Gasteiger partial charge in [-0.25, -0.2) is 0 Å². The van der Waals surface area contributed by atoms with Crippen LogP contribution in [0, 0.1) is 0 Å². The van der Waals surface area contributed by atoms with Gasteiger partial charge in [-0.15, -0.1) is 0 Å². The minimum Gasteiger partial charge on any atom is -0.481 e. The number of likely N-dealkylation sites (N-methyl/N-ethyl adjacent to an activating group) is 1. The molecular formula is C25H34N2O5. The average Bonchev–Trinajstić information content (AvgIpc) is 2.96. The number of likely N-dealkylation sites (tertiary alicyclic amines) is 1. The van der Waals surface area contributed by atoms with Crippen molar-refractivity contribution in [3.8, 4) is 0 Å². The second-order valence-electron chi connectivity index (χ2n) is 8.15. The average molecular weight is 443 g/mol. The number of hydrogen-bond donors (Lipinski definition) is 3. The molecule has 2 aromatic rings. The van der Waals surface area contributed by atoms with Crippen molar-refractivity contribution in [3.05, 3.63) is 71.8 Å². The molecule has 7 heteroatoms. The largest absolute Gasteiger partial charge is 0.481 e. The molecule has 0 amide bonds. The minimum absolute atomic E-state index is 0.112. The maximum absolute atomic E-state index is 10.2. The summed E-state index contributed by atoms with van der Waals surface area (Å²) in [5.41, 5.74) is 1.69. The number of β-amino-alcohol motifs (C(OH)–C–C–N with tert-alkyl or cyclic N) is 1. The topological polar surface area (TPSA) is 101 Å². The van der Waals surface area contributed by atoms with Crippen molar-refractivity contribution in [1.82, 2.24) is 9.80 Å². The maximum atomic E-state index is 10.2. The van der Waals surface area contributed by atoms with Gasteiger partial charge in [-0.2, -0.15) is 0 Å². The third kappa shape index (κ3) is 9.18. The first kappa shape index (κ1) is 25.5. The van der Waals surface area contributed by atoms with Gasteiger partial charge < -0.3 is 15.3 Å². The van der Waals surface area contributed by atoms with Crippen LogP contribution in [0.3, 0.4) is 0 Å². The molecule has 3 N–H and O–H groups in total. The minimum atomic E-state index is -0.786. The Kier molecular flexibility index (Phi) is 10.9. The molecule has 2 aliphatic rings. The summed E-state index contributed by atoms with van der Waals surface area (Å²) < 4.78 is 0. The summed E-state index contributed by atoms with van der Waals surface area (Å²) in [5, 5.41) is 25.6. The molecule has 2 aromatic carbocycles. The Morgan fingerprint density at radius 3 is 1.56 bits per heavy atom. The van der Waals surface area contributed by atoms with Crippen molar-refractivity contribution in [2.75, 3.05) is 33.3 Å². The van der Waals surface area contributed by atoms with E-state index in [9.17, 15) is 9.59 Å². The molecule has 0 spiro atoms. The summed E-state index contributed by atoms with van der Waals surface area (Å²) in [5.74, 6) is -1.57. The van der Waals surface area contributed by atoms with Crippen molar-refractivity contribution >= 4 is 11.9 Å². The van der Waals surface area contributed by atoms with E-state index in [0.717, 1.165) is 42.8 Å². The number of hydrogen-bond acceptors (Lipinski definition) is 5. The number of aliphatic carboxylic acids is 2. The van der Waals surface area contributed by atoms with Crippen LogP contribution in [0.15, 0.2) is 60.7 Å². The Morgan fingerprint density at radius 2 is 1.22 bits per heavy atom. The predicted octanol–water partition coefficient (Wildman–Crippen LogP) is 2.38. The van der Waals surface area contributed by atoms with E-state index in [2.05, 4.69) is 16.8 Å². The zero-order valence-electron chi connectivity index (χ0n) is 18.6. The number of carboxylic acid groups (broad SMARTS) is 2. The summed E-state index contributed by atoms with van der Waals surface area (Å²) in [6, 6.07) is 19.8. The maximum Gasteiger partial charge on any atom is 0.307 e. The van der Waals surface area contributed by atoms with E-state index in [1.165, 1.54) is 12.8 Å². The van der Waals surface area contributed by atoms with Crippen LogP contribution in [-0.4, -0.2) is 82.4 Å². The number of fused-ring (bicyclic) bond motifs is 2. The number of aliphatic hydroxyl groups excluding tert-OH is 1. The SMILES string of the molecule is CN1C2CCC1CN(CCO)C2.O=C(O)Cc1ccccc1.O=C(O)Cc1ccccc1. The van der Waals surface area contributed by atoms with Crippen molar-refractivity contribution < 1.29 is 24.9 Å². The first-order valence-corrected chi connectivity index (χ1v) is 11.0. The van der Waals surface area contributed by atoms with Crippen LogP contribution in [-0.2, 0) is 22.4 Å². The molecule has 2 heterocycles. The van der Waals surface area contributed by atoms with E-state index in [4.69, 9.17) is 15.3 Å². The quantitative estimate of drug-likeness (QED) is 0.631. The Morgan fingerprint density at radius 1 is 0.812 bits per heavy atom. The Hall–Kier alpha value is -2.74. The first-order chi connectivity index (χ1) is 15.4. The predicted molar refractivity (Wildman–Crippen MR) is 124 cm³/mol. The molecule has 0 aliphatic carbocycles. The highest BCUT2D eigenvalue weighted by Crippen LogP contribution is 2.27. The molecule has 4 rings (SSSR count). The molecule has 0 saturated carbocycles. The van der Waals surface area contributed by atoms with Gasteiger partial charge in [-0.05, 0) is 31.0 Å². The van der Waals surface area contributed by atoms with E-state index in [1.807, 2.05) is 36.4 Å². The Bertz CT molecular complexity index is 750. The van der Waals surface area contributed by atoms with Gasteiger partial charge in [0, 0.05) is 31.7 Å². The lowest BCUT2D eigenvalue weighted by Gasteiger charge is -2.38. The second kappa shape index (κ2) is 13.6. The summed E-state index contributed by atoms with van der Waals surface area (Å²) in [4.78, 5) is 25.2. The van der Waals surface area contributed by atoms with Gasteiger partial charge in [0.2, 0.25) is 0 Å². The van der Waals surface area contributed by atoms with E-state index in [-0.39, 0.29) is 12.8 Å². The summed E-state index contributed by atoms with van der Waals surface area (Å²) in [7, 11) is 2.23. The molecule has 0 radical (unpaired) electrons. The smallest absolute Gasteiger partial charge is 0.307 e. The molecule has 174 valence electrons. The van der Waals surface area contributed by atoms with Gasteiger partial charge in [0.25, 0.3) is 0 Å². The third-order valence-corrected chi connectivity index (χ3v) is 5.74. The van der Waals surface area contributed by atoms with Gasteiger partial charge >= 0.3 is 11.9 Å². The molecular weight excluding hydrogens is 408 g/mol. The van der Waals surface area contributed by atoms with Crippen LogP contribution >= 0.6 is 0 Å². The Balaban J connectivity index is 0.000000171. The number of carboxylic acids is 2. The third-order valence-electron chi connectivity index (χ3n) is 5.74. The molecule has 2 aliphatic heterocycles. The second-order valence-corrected chi connectivity index (χ2v) is 8.15. The number of carbonyl (C=O) groups is 2. The molecule has 32 heavy (non-hydrogen) atoms. The van der Waals surface area contributed by atoms with Crippen LogP contribution in [0.1, 0.15) is 24.0 Å². The van der Waals surface area contributed by atoms with Crippen LogP contribution in [0.2, 0.25) is 0 Å². The van der Waals surface area contributed by atoms with Crippen molar-refractivity contribution in [1.29, 1.82) is 0 Å². The molecule has 2 unspecified atom stereocenters. The number of benzene rings is 2. The molecule has 2 fully saturated rings. The van der Waals surface area contributed by atoms with Crippen molar-refractivity contribution in [2.45, 2.75) is 37.8 Å². The highest BCUT2D eigenvalue weighted by Gasteiger charge is 2.36. The molecule has 2 atom stereocenters. The standard InChI is InChI=1S/C9H18N2O.2C8H8O2/c1-10-8-2-3-9(10)7-11(6-8)4-5-12;2*9-8(10)6-7-4-2-1-3-5-7/h8-9,12H,2-7H2,1H3;2*1-5H,6H2,(H,9,10). The lowest BCUT2D eigenvalue weighted by Crippen LogP contribution is -2.52. The van der Waals surface area contributed by atoms with Crippen LogP contribution in [0.5, 0.6) is 0 Å². The van der Waals surface area contributed by atoms with Crippen molar-refractivity contribution in [3.63, 3.8) is 0 Å². The van der Waals surface area contributed by atoms with Gasteiger partial charge in [-0.1, -0.05) is 60.7 Å². The zero-order valence-corrected chi connectivity index (χ0v) is 18.6. The van der Waals surface area contributed by atoms with Crippen LogP contribution in [0.25, 0.3) is 0 Å². The summed E-state index contributed by atoms with van der Waals surface area (Å²) in [6.07, 6.45) is 2.92. The molecule has 2 bridgehead atoms. The number of piperazine rings is 1. The van der Waals surface area contributed by atoms with E-state index in [1.54, 1.807) is 24.3 Å². The normalized spacial score (nSPS) is 19.8. The lowest BCUT2D eigenvalue weighted by atomic mass is 10.2. The fraction of sp³-hybridized carbons (Fsp3) is 0.440.